The fourth-order valence-corrected chi connectivity index (χ4v) is 4.28. The standard InChI is InChI=1S/C28H32FN5O3/c1-4-20(2)34(28(36)23-7-5-6-8-24(23)29)19-27(35)33-17-15-32(16-18-33)26-14-13-25(30-31-26)21-9-11-22(37-3)12-10-21/h5-14,20H,4,15-19H2,1-3H3. The molecule has 2 aromatic carbocycles. The number of piperazine rings is 1. The van der Waals surface area contributed by atoms with E-state index in [0.717, 1.165) is 22.8 Å². The van der Waals surface area contributed by atoms with Gasteiger partial charge in [-0.15, -0.1) is 10.2 Å². The molecule has 1 fully saturated rings. The molecule has 3 aromatic rings. The molecule has 9 heteroatoms. The molecule has 1 aliphatic rings. The monoisotopic (exact) mass is 505 g/mol. The van der Waals surface area contributed by atoms with E-state index in [1.54, 1.807) is 24.1 Å². The van der Waals surface area contributed by atoms with Crippen LogP contribution in [0.1, 0.15) is 30.6 Å². The molecule has 1 atom stereocenters. The predicted molar refractivity (Wildman–Crippen MR) is 140 cm³/mol. The lowest BCUT2D eigenvalue weighted by molar-refractivity contribution is -0.132. The summed E-state index contributed by atoms with van der Waals surface area (Å²) in [5, 5.41) is 8.76. The minimum absolute atomic E-state index is 0.0166. The fourth-order valence-electron chi connectivity index (χ4n) is 4.28. The molecule has 1 aromatic heterocycles. The van der Waals surface area contributed by atoms with Gasteiger partial charge in [0.2, 0.25) is 5.91 Å². The van der Waals surface area contributed by atoms with Crippen molar-refractivity contribution in [2.75, 3.05) is 44.7 Å². The van der Waals surface area contributed by atoms with E-state index in [-0.39, 0.29) is 24.1 Å². The number of ether oxygens (including phenoxy) is 1. The number of amides is 2. The topological polar surface area (TPSA) is 78.9 Å². The van der Waals surface area contributed by atoms with Crippen molar-refractivity contribution < 1.29 is 18.7 Å². The molecule has 1 saturated heterocycles. The van der Waals surface area contributed by atoms with Crippen molar-refractivity contribution >= 4 is 17.6 Å². The number of halogens is 1. The number of hydrogen-bond donors (Lipinski definition) is 0. The Morgan fingerprint density at radius 3 is 2.30 bits per heavy atom. The van der Waals surface area contributed by atoms with Crippen molar-refractivity contribution in [1.29, 1.82) is 0 Å². The van der Waals surface area contributed by atoms with Crippen LogP contribution in [-0.2, 0) is 4.79 Å². The number of anilines is 1. The number of rotatable bonds is 8. The van der Waals surface area contributed by atoms with Gasteiger partial charge in [-0.25, -0.2) is 4.39 Å². The summed E-state index contributed by atoms with van der Waals surface area (Å²) < 4.78 is 19.5. The van der Waals surface area contributed by atoms with Crippen LogP contribution in [0, 0.1) is 5.82 Å². The van der Waals surface area contributed by atoms with Crippen LogP contribution in [0.5, 0.6) is 5.75 Å². The Hall–Kier alpha value is -4.01. The van der Waals surface area contributed by atoms with Crippen molar-refractivity contribution in [2.24, 2.45) is 0 Å². The van der Waals surface area contributed by atoms with Gasteiger partial charge in [-0.2, -0.15) is 0 Å². The fraction of sp³-hybridized carbons (Fsp3) is 0.357. The summed E-state index contributed by atoms with van der Waals surface area (Å²) in [6.45, 7) is 5.94. The number of methoxy groups -OCH3 is 1. The van der Waals surface area contributed by atoms with Crippen molar-refractivity contribution in [3.8, 4) is 17.0 Å². The van der Waals surface area contributed by atoms with Crippen LogP contribution in [0.25, 0.3) is 11.3 Å². The van der Waals surface area contributed by atoms with E-state index >= 15 is 0 Å². The van der Waals surface area contributed by atoms with Gasteiger partial charge in [0.05, 0.1) is 18.4 Å². The largest absolute Gasteiger partial charge is 0.497 e. The smallest absolute Gasteiger partial charge is 0.257 e. The van der Waals surface area contributed by atoms with Crippen LogP contribution in [0.2, 0.25) is 0 Å². The minimum atomic E-state index is -0.582. The first kappa shape index (κ1) is 26.1. The average Bonchev–Trinajstić information content (AvgIpc) is 2.95. The van der Waals surface area contributed by atoms with Crippen LogP contribution in [0.15, 0.2) is 60.7 Å². The number of aromatic nitrogens is 2. The summed E-state index contributed by atoms with van der Waals surface area (Å²) in [4.78, 5) is 31.5. The molecule has 37 heavy (non-hydrogen) atoms. The molecule has 4 rings (SSSR count). The molecule has 8 nitrogen and oxygen atoms in total. The molecule has 2 heterocycles. The maximum atomic E-state index is 14.3. The van der Waals surface area contributed by atoms with Crippen molar-refractivity contribution in [1.82, 2.24) is 20.0 Å². The third-order valence-corrected chi connectivity index (χ3v) is 6.79. The molecule has 2 amide bonds. The van der Waals surface area contributed by atoms with Crippen LogP contribution < -0.4 is 9.64 Å². The Labute approximate surface area is 216 Å². The predicted octanol–water partition coefficient (Wildman–Crippen LogP) is 3.88. The number of carbonyl (C=O) groups excluding carboxylic acids is 2. The summed E-state index contributed by atoms with van der Waals surface area (Å²) in [5.41, 5.74) is 1.70. The zero-order valence-electron chi connectivity index (χ0n) is 21.4. The molecule has 0 bridgehead atoms. The first-order valence-electron chi connectivity index (χ1n) is 12.5. The van der Waals surface area contributed by atoms with Crippen LogP contribution in [-0.4, -0.2) is 77.7 Å². The van der Waals surface area contributed by atoms with Gasteiger partial charge in [-0.3, -0.25) is 9.59 Å². The van der Waals surface area contributed by atoms with Gasteiger partial charge in [0.25, 0.3) is 5.91 Å². The third kappa shape index (κ3) is 6.04. The summed E-state index contributed by atoms with van der Waals surface area (Å²) in [5.74, 6) is 0.336. The lowest BCUT2D eigenvalue weighted by atomic mass is 10.1. The minimum Gasteiger partial charge on any atom is -0.497 e. The second kappa shape index (κ2) is 11.8. The first-order valence-corrected chi connectivity index (χ1v) is 12.5. The lowest BCUT2D eigenvalue weighted by Crippen LogP contribution is -2.53. The average molecular weight is 506 g/mol. The molecule has 194 valence electrons. The molecule has 0 N–H and O–H groups in total. The Morgan fingerprint density at radius 2 is 1.70 bits per heavy atom. The first-order chi connectivity index (χ1) is 17.9. The van der Waals surface area contributed by atoms with Gasteiger partial charge in [0, 0.05) is 37.8 Å². The summed E-state index contributed by atoms with van der Waals surface area (Å²) >= 11 is 0. The van der Waals surface area contributed by atoms with Gasteiger partial charge in [0.1, 0.15) is 18.1 Å². The van der Waals surface area contributed by atoms with Crippen LogP contribution in [0.4, 0.5) is 10.2 Å². The number of benzene rings is 2. The third-order valence-electron chi connectivity index (χ3n) is 6.79. The van der Waals surface area contributed by atoms with Crippen molar-refractivity contribution in [3.05, 3.63) is 72.0 Å². The Kier molecular flexibility index (Phi) is 8.32. The molecular formula is C28H32FN5O3. The molecule has 0 saturated carbocycles. The van der Waals surface area contributed by atoms with Gasteiger partial charge < -0.3 is 19.4 Å². The Bertz CT molecular complexity index is 1210. The van der Waals surface area contributed by atoms with Crippen LogP contribution >= 0.6 is 0 Å². The molecule has 0 spiro atoms. The maximum Gasteiger partial charge on any atom is 0.257 e. The summed E-state index contributed by atoms with van der Waals surface area (Å²) in [6, 6.07) is 17.2. The van der Waals surface area contributed by atoms with E-state index in [1.165, 1.54) is 17.0 Å². The van der Waals surface area contributed by atoms with Gasteiger partial charge in [-0.1, -0.05) is 19.1 Å². The van der Waals surface area contributed by atoms with Gasteiger partial charge >= 0.3 is 0 Å². The number of hydrogen-bond acceptors (Lipinski definition) is 6. The van der Waals surface area contributed by atoms with Gasteiger partial charge in [-0.05, 0) is 61.9 Å². The molecule has 1 aliphatic heterocycles. The highest BCUT2D eigenvalue weighted by molar-refractivity contribution is 5.97. The maximum absolute atomic E-state index is 14.3. The van der Waals surface area contributed by atoms with Crippen molar-refractivity contribution in [2.45, 2.75) is 26.3 Å². The van der Waals surface area contributed by atoms with E-state index < -0.39 is 11.7 Å². The van der Waals surface area contributed by atoms with Gasteiger partial charge in [0.15, 0.2) is 5.82 Å². The molecular weight excluding hydrogens is 473 g/mol. The number of carbonyl (C=O) groups is 2. The van der Waals surface area contributed by atoms with E-state index in [0.29, 0.717) is 32.6 Å². The SMILES string of the molecule is CCC(C)N(CC(=O)N1CCN(c2ccc(-c3ccc(OC)cc3)nn2)CC1)C(=O)c1ccccc1F. The highest BCUT2D eigenvalue weighted by Crippen LogP contribution is 2.22. The Balaban J connectivity index is 1.36. The second-order valence-corrected chi connectivity index (χ2v) is 9.04. The van der Waals surface area contributed by atoms with E-state index in [2.05, 4.69) is 15.1 Å². The number of nitrogens with zero attached hydrogens (tertiary/aromatic N) is 5. The normalized spacial score (nSPS) is 14.3. The highest BCUT2D eigenvalue weighted by Gasteiger charge is 2.29. The van der Waals surface area contributed by atoms with Crippen LogP contribution in [0.3, 0.4) is 0 Å². The van der Waals surface area contributed by atoms with Crippen molar-refractivity contribution in [3.63, 3.8) is 0 Å². The molecule has 1 unspecified atom stereocenters. The Morgan fingerprint density at radius 1 is 1.00 bits per heavy atom. The lowest BCUT2D eigenvalue weighted by Gasteiger charge is -2.37. The zero-order chi connectivity index (χ0) is 26.4. The molecule has 0 aliphatic carbocycles. The zero-order valence-corrected chi connectivity index (χ0v) is 21.4. The van der Waals surface area contributed by atoms with E-state index in [1.807, 2.05) is 50.2 Å². The second-order valence-electron chi connectivity index (χ2n) is 9.04. The van der Waals surface area contributed by atoms with E-state index in [4.69, 9.17) is 4.74 Å². The summed E-state index contributed by atoms with van der Waals surface area (Å²) in [6.07, 6.45) is 0.659. The quantitative estimate of drug-likeness (QED) is 0.462. The summed E-state index contributed by atoms with van der Waals surface area (Å²) in [7, 11) is 1.63. The van der Waals surface area contributed by atoms with E-state index in [9.17, 15) is 14.0 Å². The molecule has 0 radical (unpaired) electrons. The highest BCUT2D eigenvalue weighted by atomic mass is 19.1.